The molecular formula is C33H42BrN11O3S. The molecule has 0 amide bonds. The highest BCUT2D eigenvalue weighted by atomic mass is 79.9. The Bertz CT molecular complexity index is 1950. The average Bonchev–Trinajstić information content (AvgIpc) is 3.92. The molecule has 3 aromatic heterocycles. The smallest absolute Gasteiger partial charge is 0.239 e. The summed E-state index contributed by atoms with van der Waals surface area (Å²) in [6.07, 6.45) is 9.80. The van der Waals surface area contributed by atoms with Gasteiger partial charge in [-0.15, -0.1) is 0 Å². The van der Waals surface area contributed by atoms with Gasteiger partial charge in [0.1, 0.15) is 28.5 Å². The number of sulfonamides is 1. The number of hydrogen-bond donors (Lipinski definition) is 2. The van der Waals surface area contributed by atoms with Crippen LogP contribution in [0.15, 0.2) is 41.3 Å². The average molecular weight is 753 g/mol. The molecule has 0 radical (unpaired) electrons. The van der Waals surface area contributed by atoms with E-state index < -0.39 is 10.0 Å². The van der Waals surface area contributed by atoms with Gasteiger partial charge >= 0.3 is 0 Å². The van der Waals surface area contributed by atoms with Crippen molar-refractivity contribution in [1.29, 1.82) is 0 Å². The van der Waals surface area contributed by atoms with Gasteiger partial charge in [-0.2, -0.15) is 9.97 Å². The maximum atomic E-state index is 13.1. The number of ether oxygens (including phenoxy) is 1. The monoisotopic (exact) mass is 751 g/mol. The standard InChI is InChI=1S/C33H42BrN11O3S/c1-21-19-27(32(48-3)41-31(21)44-13-9-22(10-14-44)43-17-15-42(2)16-18-43)39-33-37-20-24(34)30(40-33)38-26-8-7-25-28(36-12-11-35-25)29(26)45(23-5-6-23)49(4,46)47/h7-8,11-12,19-20,22-23H,5-6,9-10,13-18H2,1-4H3,(H2,37,38,39,40). The molecule has 0 spiro atoms. The van der Waals surface area contributed by atoms with E-state index in [4.69, 9.17) is 14.7 Å². The summed E-state index contributed by atoms with van der Waals surface area (Å²) in [5, 5.41) is 6.64. The van der Waals surface area contributed by atoms with E-state index >= 15 is 0 Å². The van der Waals surface area contributed by atoms with E-state index in [1.54, 1.807) is 31.8 Å². The van der Waals surface area contributed by atoms with E-state index in [2.05, 4.69) is 70.2 Å². The van der Waals surface area contributed by atoms with Gasteiger partial charge in [-0.25, -0.2) is 13.4 Å². The molecule has 0 atom stereocenters. The lowest BCUT2D eigenvalue weighted by Gasteiger charge is -2.42. The lowest BCUT2D eigenvalue weighted by atomic mass is 10.0. The highest BCUT2D eigenvalue weighted by Gasteiger charge is 2.38. The Kier molecular flexibility index (Phi) is 9.47. The lowest BCUT2D eigenvalue weighted by molar-refractivity contribution is 0.0981. The Labute approximate surface area is 295 Å². The number of hydrogen-bond acceptors (Lipinski definition) is 13. The molecule has 7 rings (SSSR count). The van der Waals surface area contributed by atoms with E-state index in [1.165, 1.54) is 10.6 Å². The van der Waals surface area contributed by atoms with E-state index in [0.29, 0.717) is 56.3 Å². The van der Waals surface area contributed by atoms with Crippen LogP contribution in [0.5, 0.6) is 5.88 Å². The molecule has 1 saturated carbocycles. The number of halogens is 1. The minimum absolute atomic E-state index is 0.135. The van der Waals surface area contributed by atoms with E-state index in [9.17, 15) is 8.42 Å². The third-order valence-electron chi connectivity index (χ3n) is 9.48. The van der Waals surface area contributed by atoms with Crippen molar-refractivity contribution < 1.29 is 13.2 Å². The van der Waals surface area contributed by atoms with Gasteiger partial charge in [0.05, 0.1) is 29.0 Å². The number of aromatic nitrogens is 5. The van der Waals surface area contributed by atoms with E-state index in [1.807, 2.05) is 12.1 Å². The van der Waals surface area contributed by atoms with Crippen LogP contribution in [0.3, 0.4) is 0 Å². The first kappa shape index (κ1) is 33.6. The fourth-order valence-electron chi connectivity index (χ4n) is 6.82. The van der Waals surface area contributed by atoms with Crippen LogP contribution in [0.25, 0.3) is 11.0 Å². The van der Waals surface area contributed by atoms with Gasteiger partial charge in [-0.1, -0.05) is 0 Å². The summed E-state index contributed by atoms with van der Waals surface area (Å²) in [7, 11) is 0.194. The lowest BCUT2D eigenvalue weighted by Crippen LogP contribution is -2.52. The third kappa shape index (κ3) is 7.23. The number of likely N-dealkylation sites (N-methyl/N-ethyl adjacent to an activating group) is 1. The normalized spacial score (nSPS) is 18.1. The number of piperidine rings is 1. The number of nitrogens with zero attached hydrogens (tertiary/aromatic N) is 9. The minimum atomic E-state index is -3.61. The summed E-state index contributed by atoms with van der Waals surface area (Å²) in [6, 6.07) is 6.12. The Hall–Kier alpha value is -3.86. The van der Waals surface area contributed by atoms with Gasteiger partial charge in [-0.3, -0.25) is 19.2 Å². The second kappa shape index (κ2) is 13.8. The number of fused-ring (bicyclic) bond motifs is 1. The van der Waals surface area contributed by atoms with Crippen molar-refractivity contribution >= 4 is 71.6 Å². The van der Waals surface area contributed by atoms with Crippen LogP contribution < -0.4 is 24.6 Å². The number of benzene rings is 1. The molecular weight excluding hydrogens is 710 g/mol. The van der Waals surface area contributed by atoms with Gasteiger partial charge in [0.15, 0.2) is 0 Å². The number of anilines is 6. The van der Waals surface area contributed by atoms with Crippen LogP contribution in [0.1, 0.15) is 31.2 Å². The van der Waals surface area contributed by atoms with Crippen molar-refractivity contribution in [2.24, 2.45) is 0 Å². The first-order valence-electron chi connectivity index (χ1n) is 16.6. The second-order valence-corrected chi connectivity index (χ2v) is 15.8. The second-order valence-electron chi connectivity index (χ2n) is 13.1. The molecule has 4 aromatic rings. The molecule has 2 saturated heterocycles. The van der Waals surface area contributed by atoms with Crippen molar-refractivity contribution in [1.82, 2.24) is 34.7 Å². The number of nitrogens with one attached hydrogen (secondary N) is 2. The zero-order valence-corrected chi connectivity index (χ0v) is 30.6. The maximum Gasteiger partial charge on any atom is 0.239 e. The summed E-state index contributed by atoms with van der Waals surface area (Å²) in [5.74, 6) is 2.13. The van der Waals surface area contributed by atoms with Gasteiger partial charge < -0.3 is 25.2 Å². The molecule has 49 heavy (non-hydrogen) atoms. The van der Waals surface area contributed by atoms with Crippen molar-refractivity contribution in [3.8, 4) is 5.88 Å². The number of piperazine rings is 1. The molecule has 2 N–H and O–H groups in total. The maximum absolute atomic E-state index is 13.1. The molecule has 0 unspecified atom stereocenters. The largest absolute Gasteiger partial charge is 0.479 e. The predicted molar refractivity (Wildman–Crippen MR) is 196 cm³/mol. The predicted octanol–water partition coefficient (Wildman–Crippen LogP) is 4.53. The third-order valence-corrected chi connectivity index (χ3v) is 11.3. The zero-order valence-electron chi connectivity index (χ0n) is 28.2. The Morgan fingerprint density at radius 2 is 1.67 bits per heavy atom. The molecule has 1 aliphatic carbocycles. The first-order valence-corrected chi connectivity index (χ1v) is 19.3. The fraction of sp³-hybridized carbons (Fsp3) is 0.485. The molecule has 2 aliphatic heterocycles. The van der Waals surface area contributed by atoms with Crippen LogP contribution in [0.2, 0.25) is 0 Å². The molecule has 260 valence electrons. The summed E-state index contributed by atoms with van der Waals surface area (Å²) in [6.45, 7) is 8.50. The molecule has 3 fully saturated rings. The molecule has 14 nitrogen and oxygen atoms in total. The van der Waals surface area contributed by atoms with Crippen LogP contribution >= 0.6 is 15.9 Å². The van der Waals surface area contributed by atoms with Crippen molar-refractivity contribution in [3.63, 3.8) is 0 Å². The summed E-state index contributed by atoms with van der Waals surface area (Å²) in [4.78, 5) is 30.5. The highest BCUT2D eigenvalue weighted by molar-refractivity contribution is 9.10. The topological polar surface area (TPSA) is 145 Å². The number of aryl methyl sites for hydroxylation is 1. The van der Waals surface area contributed by atoms with E-state index in [0.717, 1.165) is 76.3 Å². The van der Waals surface area contributed by atoms with Crippen LogP contribution in [-0.4, -0.2) is 115 Å². The molecule has 5 heterocycles. The SMILES string of the molecule is COc1nc(N2CCC(N3CCN(C)CC3)CC2)c(C)cc1Nc1ncc(Br)c(Nc2ccc3nccnc3c2N(C2CC2)S(C)(=O)=O)n1. The Morgan fingerprint density at radius 3 is 2.37 bits per heavy atom. The van der Waals surface area contributed by atoms with Crippen LogP contribution in [0.4, 0.5) is 34.6 Å². The molecule has 3 aliphatic rings. The van der Waals surface area contributed by atoms with E-state index in [-0.39, 0.29) is 6.04 Å². The molecule has 16 heteroatoms. The quantitative estimate of drug-likeness (QED) is 0.234. The summed E-state index contributed by atoms with van der Waals surface area (Å²) < 4.78 is 33.9. The molecule has 0 bridgehead atoms. The van der Waals surface area contributed by atoms with Gasteiger partial charge in [0.25, 0.3) is 0 Å². The van der Waals surface area contributed by atoms with Gasteiger partial charge in [-0.05, 0) is 79.3 Å². The Balaban J connectivity index is 1.12. The fourth-order valence-corrected chi connectivity index (χ4v) is 8.38. The minimum Gasteiger partial charge on any atom is -0.479 e. The van der Waals surface area contributed by atoms with Crippen molar-refractivity contribution in [2.45, 2.75) is 44.7 Å². The van der Waals surface area contributed by atoms with Crippen LogP contribution in [-0.2, 0) is 10.0 Å². The summed E-state index contributed by atoms with van der Waals surface area (Å²) in [5.41, 5.74) is 3.73. The molecule has 1 aromatic carbocycles. The Morgan fingerprint density at radius 1 is 0.939 bits per heavy atom. The number of methoxy groups -OCH3 is 1. The summed E-state index contributed by atoms with van der Waals surface area (Å²) >= 11 is 3.57. The number of pyridine rings is 1. The van der Waals surface area contributed by atoms with Gasteiger partial charge in [0, 0.05) is 69.9 Å². The first-order chi connectivity index (χ1) is 23.6. The van der Waals surface area contributed by atoms with Crippen molar-refractivity contribution in [3.05, 3.63) is 46.8 Å². The van der Waals surface area contributed by atoms with Gasteiger partial charge in [0.2, 0.25) is 21.9 Å². The highest BCUT2D eigenvalue weighted by Crippen LogP contribution is 2.43. The van der Waals surface area contributed by atoms with Crippen molar-refractivity contribution in [2.75, 3.05) is 79.5 Å². The number of rotatable bonds is 10. The zero-order chi connectivity index (χ0) is 34.3. The van der Waals surface area contributed by atoms with Crippen LogP contribution in [0, 0.1) is 6.92 Å².